The fraction of sp³-hybridized carbons (Fsp3) is 1.00. The van der Waals surface area contributed by atoms with E-state index in [1.165, 1.54) is 12.8 Å². The molecule has 3 nitrogen and oxygen atoms in total. The summed E-state index contributed by atoms with van der Waals surface area (Å²) >= 11 is 5.70. The molecule has 0 N–H and O–H groups in total. The van der Waals surface area contributed by atoms with Crippen molar-refractivity contribution < 1.29 is 8.42 Å². The number of sulfone groups is 1. The van der Waals surface area contributed by atoms with Crippen LogP contribution in [0.4, 0.5) is 0 Å². The second-order valence-corrected chi connectivity index (χ2v) is 8.13. The van der Waals surface area contributed by atoms with Crippen molar-refractivity contribution >= 4 is 21.4 Å². The van der Waals surface area contributed by atoms with Crippen LogP contribution in [0.2, 0.25) is 0 Å². The molecule has 0 aliphatic carbocycles. The highest BCUT2D eigenvalue weighted by Crippen LogP contribution is 2.21. The molecule has 1 fully saturated rings. The van der Waals surface area contributed by atoms with Gasteiger partial charge in [0.05, 0.1) is 11.0 Å². The summed E-state index contributed by atoms with van der Waals surface area (Å²) in [5, 5.41) is -0.258. The van der Waals surface area contributed by atoms with Crippen molar-refractivity contribution in [3.63, 3.8) is 0 Å². The number of alkyl halides is 1. The van der Waals surface area contributed by atoms with Crippen molar-refractivity contribution in [3.05, 3.63) is 0 Å². The molecule has 5 heteroatoms. The molecule has 1 atom stereocenters. The number of likely N-dealkylation sites (tertiary alicyclic amines) is 1. The first kappa shape index (κ1) is 15.3. The fourth-order valence-corrected chi connectivity index (χ4v) is 3.42. The van der Waals surface area contributed by atoms with Crippen LogP contribution in [0.25, 0.3) is 0 Å². The predicted molar refractivity (Wildman–Crippen MR) is 73.5 cm³/mol. The van der Waals surface area contributed by atoms with E-state index in [0.29, 0.717) is 24.2 Å². The Morgan fingerprint density at radius 3 is 2.71 bits per heavy atom. The van der Waals surface area contributed by atoms with Crippen LogP contribution in [-0.2, 0) is 9.84 Å². The van der Waals surface area contributed by atoms with Gasteiger partial charge in [0.25, 0.3) is 0 Å². The number of hydrogen-bond acceptors (Lipinski definition) is 3. The van der Waals surface area contributed by atoms with E-state index in [0.717, 1.165) is 19.4 Å². The largest absolute Gasteiger partial charge is 0.299 e. The second-order valence-electron chi connectivity index (χ2n) is 5.08. The van der Waals surface area contributed by atoms with Crippen molar-refractivity contribution in [2.45, 2.75) is 50.8 Å². The molecule has 1 unspecified atom stereocenters. The average Bonchev–Trinajstić information content (AvgIpc) is 2.71. The SMILES string of the molecule is CC(C)S(=O)(=O)CCN1CCCC1CCCCl. The van der Waals surface area contributed by atoms with Gasteiger partial charge in [-0.2, -0.15) is 0 Å². The van der Waals surface area contributed by atoms with Crippen LogP contribution in [-0.4, -0.2) is 49.3 Å². The average molecular weight is 282 g/mol. The van der Waals surface area contributed by atoms with Gasteiger partial charge in [-0.05, 0) is 46.1 Å². The van der Waals surface area contributed by atoms with Crippen LogP contribution in [0.15, 0.2) is 0 Å². The molecule has 1 heterocycles. The summed E-state index contributed by atoms with van der Waals surface area (Å²) in [6.07, 6.45) is 4.51. The molecule has 0 aromatic heterocycles. The monoisotopic (exact) mass is 281 g/mol. The summed E-state index contributed by atoms with van der Waals surface area (Å²) in [6, 6.07) is 0.552. The van der Waals surface area contributed by atoms with Crippen LogP contribution >= 0.6 is 11.6 Å². The minimum atomic E-state index is -2.90. The third kappa shape index (κ3) is 4.76. The molecule has 1 aliphatic rings. The van der Waals surface area contributed by atoms with Crippen molar-refractivity contribution in [2.75, 3.05) is 24.7 Å². The van der Waals surface area contributed by atoms with Crippen LogP contribution in [0.3, 0.4) is 0 Å². The van der Waals surface area contributed by atoms with Crippen LogP contribution in [0.5, 0.6) is 0 Å². The van der Waals surface area contributed by atoms with Crippen LogP contribution < -0.4 is 0 Å². The lowest BCUT2D eigenvalue weighted by Crippen LogP contribution is -2.35. The van der Waals surface area contributed by atoms with Gasteiger partial charge in [-0.25, -0.2) is 8.42 Å². The van der Waals surface area contributed by atoms with E-state index in [4.69, 9.17) is 11.6 Å². The highest BCUT2D eigenvalue weighted by molar-refractivity contribution is 7.92. The Morgan fingerprint density at radius 1 is 1.41 bits per heavy atom. The van der Waals surface area contributed by atoms with Crippen LogP contribution in [0.1, 0.15) is 39.5 Å². The van der Waals surface area contributed by atoms with Gasteiger partial charge in [-0.15, -0.1) is 11.6 Å². The maximum Gasteiger partial charge on any atom is 0.153 e. The van der Waals surface area contributed by atoms with Gasteiger partial charge in [0.1, 0.15) is 0 Å². The van der Waals surface area contributed by atoms with Gasteiger partial charge < -0.3 is 0 Å². The van der Waals surface area contributed by atoms with E-state index < -0.39 is 9.84 Å². The van der Waals surface area contributed by atoms with Gasteiger partial charge in [-0.3, -0.25) is 4.90 Å². The third-order valence-electron chi connectivity index (χ3n) is 3.55. The minimum absolute atomic E-state index is 0.258. The molecule has 102 valence electrons. The zero-order chi connectivity index (χ0) is 12.9. The molecular formula is C12H24ClNO2S. The summed E-state index contributed by atoms with van der Waals surface area (Å²) in [6.45, 7) is 5.24. The molecule has 0 spiro atoms. The molecule has 0 amide bonds. The summed E-state index contributed by atoms with van der Waals surface area (Å²) in [4.78, 5) is 2.33. The van der Waals surface area contributed by atoms with E-state index in [1.807, 2.05) is 0 Å². The van der Waals surface area contributed by atoms with Crippen molar-refractivity contribution in [1.82, 2.24) is 4.90 Å². The van der Waals surface area contributed by atoms with Crippen molar-refractivity contribution in [2.24, 2.45) is 0 Å². The zero-order valence-electron chi connectivity index (χ0n) is 10.9. The second kappa shape index (κ2) is 6.95. The molecule has 0 radical (unpaired) electrons. The summed E-state index contributed by atoms with van der Waals surface area (Å²) < 4.78 is 23.5. The minimum Gasteiger partial charge on any atom is -0.299 e. The van der Waals surface area contributed by atoms with E-state index in [1.54, 1.807) is 13.8 Å². The summed E-state index contributed by atoms with van der Waals surface area (Å²) in [5.74, 6) is 0.997. The lowest BCUT2D eigenvalue weighted by molar-refractivity contribution is 0.255. The number of hydrogen-bond donors (Lipinski definition) is 0. The fourth-order valence-electron chi connectivity index (χ4n) is 2.31. The molecule has 0 bridgehead atoms. The third-order valence-corrected chi connectivity index (χ3v) is 6.01. The highest BCUT2D eigenvalue weighted by atomic mass is 35.5. The van der Waals surface area contributed by atoms with E-state index in [2.05, 4.69) is 4.90 Å². The molecular weight excluding hydrogens is 258 g/mol. The summed E-state index contributed by atoms with van der Waals surface area (Å²) in [5.41, 5.74) is 0. The van der Waals surface area contributed by atoms with Crippen molar-refractivity contribution in [1.29, 1.82) is 0 Å². The Morgan fingerprint density at radius 2 is 2.12 bits per heavy atom. The quantitative estimate of drug-likeness (QED) is 0.672. The normalized spacial score (nSPS) is 22.5. The first-order valence-electron chi connectivity index (χ1n) is 6.49. The number of halogens is 1. The highest BCUT2D eigenvalue weighted by Gasteiger charge is 2.26. The number of nitrogens with zero attached hydrogens (tertiary/aromatic N) is 1. The standard InChI is InChI=1S/C12H24ClNO2S/c1-11(2)17(15,16)10-9-14-8-4-6-12(14)5-3-7-13/h11-12H,3-10H2,1-2H3. The maximum absolute atomic E-state index is 11.8. The first-order valence-corrected chi connectivity index (χ1v) is 8.74. The van der Waals surface area contributed by atoms with Gasteiger partial charge in [0, 0.05) is 18.5 Å². The molecule has 17 heavy (non-hydrogen) atoms. The number of rotatable bonds is 7. The van der Waals surface area contributed by atoms with E-state index in [9.17, 15) is 8.42 Å². The van der Waals surface area contributed by atoms with E-state index in [-0.39, 0.29) is 5.25 Å². The Kier molecular flexibility index (Phi) is 6.24. The zero-order valence-corrected chi connectivity index (χ0v) is 12.4. The van der Waals surface area contributed by atoms with Gasteiger partial charge in [-0.1, -0.05) is 0 Å². The molecule has 1 rings (SSSR count). The molecule has 0 saturated carbocycles. The van der Waals surface area contributed by atoms with Crippen LogP contribution in [0, 0.1) is 0 Å². The Hall–Kier alpha value is 0.200. The van der Waals surface area contributed by atoms with Gasteiger partial charge in [0.15, 0.2) is 9.84 Å². The van der Waals surface area contributed by atoms with Crippen molar-refractivity contribution in [3.8, 4) is 0 Å². The first-order chi connectivity index (χ1) is 7.97. The Balaban J connectivity index is 2.40. The molecule has 0 aromatic rings. The smallest absolute Gasteiger partial charge is 0.153 e. The lowest BCUT2D eigenvalue weighted by Gasteiger charge is -2.24. The molecule has 1 saturated heterocycles. The van der Waals surface area contributed by atoms with Gasteiger partial charge >= 0.3 is 0 Å². The topological polar surface area (TPSA) is 37.4 Å². The Bertz CT molecular complexity index is 316. The maximum atomic E-state index is 11.8. The Labute approximate surface area is 110 Å². The molecule has 0 aromatic carbocycles. The lowest BCUT2D eigenvalue weighted by atomic mass is 10.1. The molecule has 1 aliphatic heterocycles. The van der Waals surface area contributed by atoms with E-state index >= 15 is 0 Å². The predicted octanol–water partition coefficient (Wildman–Crippen LogP) is 2.29. The summed E-state index contributed by atoms with van der Waals surface area (Å²) in [7, 11) is -2.90. The van der Waals surface area contributed by atoms with Gasteiger partial charge in [0.2, 0.25) is 0 Å².